The van der Waals surface area contributed by atoms with Gasteiger partial charge in [-0.05, 0) is 39.3 Å². The molecule has 74 valence electrons. The topological polar surface area (TPSA) is 37.2 Å². The zero-order valence-corrected chi connectivity index (χ0v) is 8.54. The summed E-state index contributed by atoms with van der Waals surface area (Å²) in [5, 5.41) is 9.07. The molecule has 0 spiro atoms. The maximum Gasteiger partial charge on any atom is 0.0529 e. The van der Waals surface area contributed by atoms with Crippen molar-refractivity contribution in [1.29, 1.82) is 0 Å². The van der Waals surface area contributed by atoms with Crippen molar-refractivity contribution in [3.8, 4) is 0 Å². The number of aromatic nitrogens is 1. The molecule has 0 radical (unpaired) electrons. The van der Waals surface area contributed by atoms with Crippen LogP contribution in [0.5, 0.6) is 0 Å². The van der Waals surface area contributed by atoms with Gasteiger partial charge < -0.3 is 10.5 Å². The summed E-state index contributed by atoms with van der Waals surface area (Å²) in [6.07, 6.45) is 0.542. The Morgan fingerprint density at radius 3 is 2.38 bits per heavy atom. The number of aliphatic hydroxyl groups excluding tert-OH is 1. The normalized spacial score (nSPS) is 12.9. The van der Waals surface area contributed by atoms with Crippen molar-refractivity contribution in [2.45, 2.75) is 33.3 Å². The summed E-state index contributed by atoms with van der Waals surface area (Å²) < 4.78 is 2.04. The van der Waals surface area contributed by atoms with Gasteiger partial charge in [0.15, 0.2) is 0 Å². The number of nitrogens with zero attached hydrogens (tertiary/aromatic N) is 1. The van der Waals surface area contributed by atoms with Crippen molar-refractivity contribution >= 4 is 0 Å². The summed E-state index contributed by atoms with van der Waals surface area (Å²) in [7, 11) is 0. The maximum absolute atomic E-state index is 9.07. The van der Waals surface area contributed by atoms with Crippen LogP contribution in [0.4, 0.5) is 0 Å². The number of hydrogen-bond donors (Lipinski definition) is 2. The third-order valence-electron chi connectivity index (χ3n) is 2.10. The minimum atomic E-state index is -0.233. The van der Waals surface area contributed by atoms with Crippen LogP contribution in [0.1, 0.15) is 24.7 Å². The number of aryl methyl sites for hydroxylation is 2. The molecule has 0 saturated heterocycles. The molecule has 0 aliphatic heterocycles. The van der Waals surface area contributed by atoms with Crippen molar-refractivity contribution < 1.29 is 5.11 Å². The summed E-state index contributed by atoms with van der Waals surface area (Å²) in [6.45, 7) is 6.72. The summed E-state index contributed by atoms with van der Waals surface area (Å²) >= 11 is 0. The molecule has 3 nitrogen and oxygen atoms in total. The Balaban J connectivity index is 2.44. The van der Waals surface area contributed by atoms with Crippen molar-refractivity contribution in [3.05, 3.63) is 23.5 Å². The van der Waals surface area contributed by atoms with E-state index in [1.165, 1.54) is 11.4 Å². The quantitative estimate of drug-likeness (QED) is 0.739. The van der Waals surface area contributed by atoms with E-state index in [-0.39, 0.29) is 6.10 Å². The van der Waals surface area contributed by atoms with Crippen LogP contribution in [0.25, 0.3) is 0 Å². The lowest BCUT2D eigenvalue weighted by Crippen LogP contribution is -2.21. The van der Waals surface area contributed by atoms with Gasteiger partial charge in [0.1, 0.15) is 0 Å². The molecule has 1 aromatic rings. The molecule has 13 heavy (non-hydrogen) atoms. The van der Waals surface area contributed by atoms with Gasteiger partial charge in [-0.2, -0.15) is 0 Å². The molecule has 1 unspecified atom stereocenters. The molecule has 1 rings (SSSR count). The van der Waals surface area contributed by atoms with Crippen molar-refractivity contribution in [2.75, 3.05) is 12.0 Å². The molecule has 1 aromatic heterocycles. The Morgan fingerprint density at radius 1 is 1.38 bits per heavy atom. The second kappa shape index (κ2) is 4.33. The summed E-state index contributed by atoms with van der Waals surface area (Å²) in [5.74, 6) is 0. The highest BCUT2D eigenvalue weighted by Crippen LogP contribution is 2.03. The van der Waals surface area contributed by atoms with Gasteiger partial charge >= 0.3 is 0 Å². The average molecular weight is 182 g/mol. The standard InChI is InChI=1S/C10H18N2O/c1-8-4-5-9(2)12(8)11-7-6-10(3)13/h4-5,10-11,13H,6-7H2,1-3H3. The summed E-state index contributed by atoms with van der Waals surface area (Å²) in [6, 6.07) is 4.15. The lowest BCUT2D eigenvalue weighted by molar-refractivity contribution is 0.187. The number of hydrogen-bond acceptors (Lipinski definition) is 2. The van der Waals surface area contributed by atoms with Crippen LogP contribution in [-0.4, -0.2) is 22.4 Å². The first kappa shape index (κ1) is 10.1. The van der Waals surface area contributed by atoms with Gasteiger partial charge in [-0.3, -0.25) is 4.68 Å². The SMILES string of the molecule is Cc1ccc(C)n1NCCC(C)O. The van der Waals surface area contributed by atoms with E-state index < -0.39 is 0 Å². The van der Waals surface area contributed by atoms with Gasteiger partial charge in [0.25, 0.3) is 0 Å². The fraction of sp³-hybridized carbons (Fsp3) is 0.600. The molecule has 0 aromatic carbocycles. The number of aliphatic hydroxyl groups is 1. The Hall–Kier alpha value is -0.960. The Morgan fingerprint density at radius 2 is 1.92 bits per heavy atom. The van der Waals surface area contributed by atoms with E-state index in [1.54, 1.807) is 6.92 Å². The first-order valence-corrected chi connectivity index (χ1v) is 4.68. The first-order chi connectivity index (χ1) is 6.11. The van der Waals surface area contributed by atoms with Gasteiger partial charge in [0, 0.05) is 17.9 Å². The van der Waals surface area contributed by atoms with Crippen LogP contribution >= 0.6 is 0 Å². The molecule has 0 bridgehead atoms. The van der Waals surface area contributed by atoms with E-state index in [9.17, 15) is 0 Å². The summed E-state index contributed by atoms with van der Waals surface area (Å²) in [4.78, 5) is 0. The largest absolute Gasteiger partial charge is 0.393 e. The predicted octanol–water partition coefficient (Wildman–Crippen LogP) is 1.42. The molecule has 1 atom stereocenters. The van der Waals surface area contributed by atoms with Crippen LogP contribution in [0, 0.1) is 13.8 Å². The Kier molecular flexibility index (Phi) is 3.37. The molecule has 0 aliphatic carbocycles. The Labute approximate surface area is 79.4 Å². The lowest BCUT2D eigenvalue weighted by Gasteiger charge is -2.13. The predicted molar refractivity (Wildman–Crippen MR) is 54.4 cm³/mol. The monoisotopic (exact) mass is 182 g/mol. The molecule has 0 amide bonds. The van der Waals surface area contributed by atoms with Crippen molar-refractivity contribution in [1.82, 2.24) is 4.68 Å². The molecular weight excluding hydrogens is 164 g/mol. The smallest absolute Gasteiger partial charge is 0.0529 e. The molecule has 3 heteroatoms. The molecule has 2 N–H and O–H groups in total. The molecule has 0 aliphatic rings. The minimum absolute atomic E-state index is 0.233. The zero-order chi connectivity index (χ0) is 9.84. The van der Waals surface area contributed by atoms with Crippen LogP contribution in [-0.2, 0) is 0 Å². The highest BCUT2D eigenvalue weighted by atomic mass is 16.3. The first-order valence-electron chi connectivity index (χ1n) is 4.68. The van der Waals surface area contributed by atoms with E-state index >= 15 is 0 Å². The third kappa shape index (κ3) is 2.77. The van der Waals surface area contributed by atoms with E-state index in [0.29, 0.717) is 0 Å². The highest BCUT2D eigenvalue weighted by molar-refractivity contribution is 5.15. The summed E-state index contributed by atoms with van der Waals surface area (Å²) in [5.41, 5.74) is 5.64. The van der Waals surface area contributed by atoms with Gasteiger partial charge in [-0.1, -0.05) is 0 Å². The fourth-order valence-corrected chi connectivity index (χ4v) is 1.30. The van der Waals surface area contributed by atoms with Crippen LogP contribution in [0.2, 0.25) is 0 Å². The van der Waals surface area contributed by atoms with Gasteiger partial charge in [0.2, 0.25) is 0 Å². The lowest BCUT2D eigenvalue weighted by atomic mass is 10.3. The second-order valence-electron chi connectivity index (χ2n) is 3.50. The number of rotatable bonds is 4. The molecule has 0 fully saturated rings. The van der Waals surface area contributed by atoms with Crippen molar-refractivity contribution in [3.63, 3.8) is 0 Å². The third-order valence-corrected chi connectivity index (χ3v) is 2.10. The van der Waals surface area contributed by atoms with E-state index in [1.807, 2.05) is 4.68 Å². The second-order valence-corrected chi connectivity index (χ2v) is 3.50. The maximum atomic E-state index is 9.07. The van der Waals surface area contributed by atoms with Gasteiger partial charge in [-0.15, -0.1) is 0 Å². The fourth-order valence-electron chi connectivity index (χ4n) is 1.30. The van der Waals surface area contributed by atoms with Gasteiger partial charge in [0.05, 0.1) is 6.10 Å². The zero-order valence-electron chi connectivity index (χ0n) is 8.54. The van der Waals surface area contributed by atoms with Crippen LogP contribution < -0.4 is 5.43 Å². The Bertz CT molecular complexity index is 246. The number of nitrogens with one attached hydrogen (secondary N) is 1. The van der Waals surface area contributed by atoms with Crippen LogP contribution in [0.15, 0.2) is 12.1 Å². The van der Waals surface area contributed by atoms with Gasteiger partial charge in [-0.25, -0.2) is 0 Å². The van der Waals surface area contributed by atoms with E-state index in [0.717, 1.165) is 13.0 Å². The minimum Gasteiger partial charge on any atom is -0.393 e. The van der Waals surface area contributed by atoms with Crippen molar-refractivity contribution in [2.24, 2.45) is 0 Å². The highest BCUT2D eigenvalue weighted by Gasteiger charge is 2.00. The molecule has 0 saturated carbocycles. The molecular formula is C10H18N2O. The van der Waals surface area contributed by atoms with Crippen LogP contribution in [0.3, 0.4) is 0 Å². The van der Waals surface area contributed by atoms with E-state index in [2.05, 4.69) is 31.4 Å². The molecule has 1 heterocycles. The average Bonchev–Trinajstić information content (AvgIpc) is 2.34. The van der Waals surface area contributed by atoms with E-state index in [4.69, 9.17) is 5.11 Å².